The summed E-state index contributed by atoms with van der Waals surface area (Å²) in [7, 11) is -0.790. The molecule has 0 unspecified atom stereocenters. The number of urea groups is 1. The van der Waals surface area contributed by atoms with Crippen LogP contribution in [-0.4, -0.2) is 74.8 Å². The molecule has 1 heterocycles. The van der Waals surface area contributed by atoms with Crippen LogP contribution in [0.15, 0.2) is 24.3 Å². The van der Waals surface area contributed by atoms with Crippen molar-refractivity contribution >= 4 is 27.6 Å². The van der Waals surface area contributed by atoms with Crippen molar-refractivity contribution in [2.45, 2.75) is 19.1 Å². The molecule has 2 amide bonds. The predicted molar refractivity (Wildman–Crippen MR) is 94.7 cm³/mol. The number of rotatable bonds is 6. The molecule has 0 bridgehead atoms. The number of hydrogen-bond donors (Lipinski definition) is 3. The number of likely N-dealkylation sites (N-methyl/N-ethyl adjacent to an activating group) is 1. The Kier molecular flexibility index (Phi) is 6.22. The highest BCUT2D eigenvalue weighted by Crippen LogP contribution is 2.19. The summed E-state index contributed by atoms with van der Waals surface area (Å²) in [5, 5.41) is 12.6. The molecule has 9 nitrogen and oxygen atoms in total. The number of nitrogens with zero attached hydrogens (tertiary/aromatic N) is 2. The van der Waals surface area contributed by atoms with E-state index in [4.69, 9.17) is 4.74 Å². The first-order valence-corrected chi connectivity index (χ1v) is 9.32. The minimum atomic E-state index is -3.63. The van der Waals surface area contributed by atoms with Crippen LogP contribution in [0.4, 0.5) is 16.2 Å². The average molecular weight is 372 g/mol. The lowest BCUT2D eigenvalue weighted by atomic mass is 10.2. The Bertz CT molecular complexity index is 710. The molecule has 1 aromatic carbocycles. The highest BCUT2D eigenvalue weighted by molar-refractivity contribution is 7.90. The van der Waals surface area contributed by atoms with Crippen LogP contribution in [0.25, 0.3) is 0 Å². The maximum atomic E-state index is 12.5. The Morgan fingerprint density at radius 2 is 2.00 bits per heavy atom. The standard InChI is InChI=1S/C15H24N4O5S/c1-4-19(13-9-24-10-14(13)20)15(21)16-11-6-5-7-12(8-11)17-25(22,23)18(2)3/h5-8,13-14,17,20H,4,9-10H2,1-3H3,(H,16,21)/t13-,14-/m1/s1. The third-order valence-corrected chi connectivity index (χ3v) is 5.32. The first kappa shape index (κ1) is 19.4. The molecule has 0 aromatic heterocycles. The van der Waals surface area contributed by atoms with Crippen molar-refractivity contribution in [3.05, 3.63) is 24.3 Å². The highest BCUT2D eigenvalue weighted by Gasteiger charge is 2.33. The highest BCUT2D eigenvalue weighted by atomic mass is 32.2. The number of nitrogens with one attached hydrogen (secondary N) is 2. The van der Waals surface area contributed by atoms with Gasteiger partial charge < -0.3 is 20.1 Å². The molecule has 1 fully saturated rings. The molecule has 10 heteroatoms. The minimum Gasteiger partial charge on any atom is -0.388 e. The van der Waals surface area contributed by atoms with E-state index in [0.717, 1.165) is 4.31 Å². The fraction of sp³-hybridized carbons (Fsp3) is 0.533. The molecule has 1 aliphatic heterocycles. The summed E-state index contributed by atoms with van der Waals surface area (Å²) >= 11 is 0. The zero-order valence-electron chi connectivity index (χ0n) is 14.5. The van der Waals surface area contributed by atoms with Gasteiger partial charge in [0.2, 0.25) is 0 Å². The lowest BCUT2D eigenvalue weighted by molar-refractivity contribution is 0.1000. The van der Waals surface area contributed by atoms with Gasteiger partial charge in [-0.1, -0.05) is 6.07 Å². The number of carbonyl (C=O) groups excluding carboxylic acids is 1. The van der Waals surface area contributed by atoms with Crippen LogP contribution in [-0.2, 0) is 14.9 Å². The molecule has 0 saturated carbocycles. The lowest BCUT2D eigenvalue weighted by Crippen LogP contribution is -2.48. The molecule has 2 rings (SSSR count). The molecule has 0 radical (unpaired) electrons. The van der Waals surface area contributed by atoms with E-state index in [1.165, 1.54) is 25.1 Å². The van der Waals surface area contributed by atoms with Gasteiger partial charge in [0.05, 0.1) is 31.0 Å². The summed E-state index contributed by atoms with van der Waals surface area (Å²) in [4.78, 5) is 14.0. The molecule has 0 spiro atoms. The third kappa shape index (κ3) is 4.82. The lowest BCUT2D eigenvalue weighted by Gasteiger charge is -2.28. The SMILES string of the molecule is CCN(C(=O)Nc1cccc(NS(=O)(=O)N(C)C)c1)[C@@H]1COC[C@H]1O. The van der Waals surface area contributed by atoms with Gasteiger partial charge in [-0.25, -0.2) is 4.79 Å². The van der Waals surface area contributed by atoms with E-state index in [-0.39, 0.29) is 19.2 Å². The van der Waals surface area contributed by atoms with E-state index >= 15 is 0 Å². The maximum Gasteiger partial charge on any atom is 0.322 e. The second-order valence-corrected chi connectivity index (χ2v) is 7.74. The number of benzene rings is 1. The van der Waals surface area contributed by atoms with E-state index in [0.29, 0.717) is 17.9 Å². The number of aliphatic hydroxyl groups excluding tert-OH is 1. The number of amides is 2. The maximum absolute atomic E-state index is 12.5. The molecular formula is C15H24N4O5S. The Morgan fingerprint density at radius 1 is 1.32 bits per heavy atom. The molecule has 1 aliphatic rings. The van der Waals surface area contributed by atoms with Gasteiger partial charge in [-0.3, -0.25) is 4.72 Å². The van der Waals surface area contributed by atoms with E-state index < -0.39 is 22.4 Å². The Balaban J connectivity index is 2.09. The Labute approximate surface area is 147 Å². The van der Waals surface area contributed by atoms with Gasteiger partial charge in [-0.05, 0) is 25.1 Å². The number of carbonyl (C=O) groups is 1. The second kappa shape index (κ2) is 8.00. The average Bonchev–Trinajstić information content (AvgIpc) is 2.94. The van der Waals surface area contributed by atoms with E-state index in [1.807, 2.05) is 6.92 Å². The summed E-state index contributed by atoms with van der Waals surface area (Å²) in [6.07, 6.45) is -0.719. The zero-order valence-corrected chi connectivity index (χ0v) is 15.3. The van der Waals surface area contributed by atoms with Crippen molar-refractivity contribution < 1.29 is 23.1 Å². The molecule has 1 aromatic rings. The fourth-order valence-electron chi connectivity index (χ4n) is 2.45. The quantitative estimate of drug-likeness (QED) is 0.674. The number of hydrogen-bond acceptors (Lipinski definition) is 5. The first-order valence-electron chi connectivity index (χ1n) is 7.88. The van der Waals surface area contributed by atoms with Crippen molar-refractivity contribution in [3.63, 3.8) is 0 Å². The summed E-state index contributed by atoms with van der Waals surface area (Å²) in [5.74, 6) is 0. The summed E-state index contributed by atoms with van der Waals surface area (Å²) in [6, 6.07) is 5.61. The van der Waals surface area contributed by atoms with Crippen LogP contribution in [0.2, 0.25) is 0 Å². The van der Waals surface area contributed by atoms with Gasteiger partial charge in [0.25, 0.3) is 0 Å². The van der Waals surface area contributed by atoms with Crippen molar-refractivity contribution in [2.24, 2.45) is 0 Å². The van der Waals surface area contributed by atoms with Crippen LogP contribution >= 0.6 is 0 Å². The largest absolute Gasteiger partial charge is 0.388 e. The van der Waals surface area contributed by atoms with Gasteiger partial charge in [0, 0.05) is 26.3 Å². The van der Waals surface area contributed by atoms with Gasteiger partial charge in [-0.2, -0.15) is 12.7 Å². The Hall–Kier alpha value is -1.88. The molecule has 25 heavy (non-hydrogen) atoms. The van der Waals surface area contributed by atoms with Gasteiger partial charge in [0.15, 0.2) is 0 Å². The number of aliphatic hydroxyl groups is 1. The summed E-state index contributed by atoms with van der Waals surface area (Å²) in [5.41, 5.74) is 0.773. The van der Waals surface area contributed by atoms with Crippen molar-refractivity contribution in [3.8, 4) is 0 Å². The van der Waals surface area contributed by atoms with Crippen LogP contribution < -0.4 is 10.0 Å². The number of ether oxygens (including phenoxy) is 1. The zero-order chi connectivity index (χ0) is 18.6. The van der Waals surface area contributed by atoms with E-state index in [1.54, 1.807) is 18.2 Å². The van der Waals surface area contributed by atoms with Gasteiger partial charge in [0.1, 0.15) is 0 Å². The van der Waals surface area contributed by atoms with Crippen LogP contribution in [0.1, 0.15) is 6.92 Å². The van der Waals surface area contributed by atoms with Crippen LogP contribution in [0.3, 0.4) is 0 Å². The second-order valence-electron chi connectivity index (χ2n) is 5.86. The van der Waals surface area contributed by atoms with Gasteiger partial charge >= 0.3 is 16.2 Å². The predicted octanol–water partition coefficient (Wildman–Crippen LogP) is 0.518. The van der Waals surface area contributed by atoms with Crippen molar-refractivity contribution in [1.82, 2.24) is 9.21 Å². The monoisotopic (exact) mass is 372 g/mol. The first-order chi connectivity index (χ1) is 11.7. The topological polar surface area (TPSA) is 111 Å². The summed E-state index contributed by atoms with van der Waals surface area (Å²) in [6.45, 7) is 2.71. The molecule has 0 aliphatic carbocycles. The molecule has 1 saturated heterocycles. The molecule has 2 atom stereocenters. The van der Waals surface area contributed by atoms with Gasteiger partial charge in [-0.15, -0.1) is 0 Å². The molecule has 140 valence electrons. The van der Waals surface area contributed by atoms with Crippen LogP contribution in [0, 0.1) is 0 Å². The van der Waals surface area contributed by atoms with E-state index in [2.05, 4.69) is 10.0 Å². The molecular weight excluding hydrogens is 348 g/mol. The van der Waals surface area contributed by atoms with Crippen molar-refractivity contribution in [1.29, 1.82) is 0 Å². The molecule has 3 N–H and O–H groups in total. The van der Waals surface area contributed by atoms with Crippen LogP contribution in [0.5, 0.6) is 0 Å². The normalized spacial score (nSPS) is 20.5. The van der Waals surface area contributed by atoms with Crippen molar-refractivity contribution in [2.75, 3.05) is 43.9 Å². The summed E-state index contributed by atoms with van der Waals surface area (Å²) < 4.78 is 32.4. The Morgan fingerprint density at radius 3 is 2.56 bits per heavy atom. The fourth-order valence-corrected chi connectivity index (χ4v) is 3.06. The third-order valence-electron chi connectivity index (χ3n) is 3.86. The number of anilines is 2. The smallest absolute Gasteiger partial charge is 0.322 e. The minimum absolute atomic E-state index is 0.205. The van der Waals surface area contributed by atoms with E-state index in [9.17, 15) is 18.3 Å².